The molecule has 0 radical (unpaired) electrons. The first-order valence-corrected chi connectivity index (χ1v) is 15.6. The van der Waals surface area contributed by atoms with Gasteiger partial charge in [0.25, 0.3) is 5.91 Å². The van der Waals surface area contributed by atoms with E-state index < -0.39 is 29.0 Å². The van der Waals surface area contributed by atoms with Crippen LogP contribution in [0.15, 0.2) is 72.9 Å². The number of nitrogens with two attached hydrogens (primary N) is 1. The number of ether oxygens (including phenoxy) is 3. The second-order valence-corrected chi connectivity index (χ2v) is 12.1. The van der Waals surface area contributed by atoms with E-state index >= 15 is 0 Å². The van der Waals surface area contributed by atoms with Crippen LogP contribution < -0.4 is 30.3 Å². The van der Waals surface area contributed by atoms with Crippen molar-refractivity contribution in [3.05, 3.63) is 78.7 Å². The van der Waals surface area contributed by atoms with Crippen LogP contribution in [-0.4, -0.2) is 66.2 Å². The molecule has 6 rings (SSSR count). The summed E-state index contributed by atoms with van der Waals surface area (Å²) in [5.41, 5.74) is 7.51. The van der Waals surface area contributed by atoms with E-state index in [0.717, 1.165) is 25.9 Å². The Hall–Kier alpha value is -5.27. The average molecular weight is 658 g/mol. The van der Waals surface area contributed by atoms with Gasteiger partial charge in [-0.25, -0.2) is 9.87 Å². The maximum atomic E-state index is 13.7. The van der Waals surface area contributed by atoms with Crippen molar-refractivity contribution in [2.75, 3.05) is 38.3 Å². The summed E-state index contributed by atoms with van der Waals surface area (Å²) in [6, 6.07) is 17.6. The highest BCUT2D eigenvalue weighted by atomic mass is 19.1. The monoisotopic (exact) mass is 657 g/mol. The van der Waals surface area contributed by atoms with Crippen LogP contribution in [0.25, 0.3) is 10.9 Å². The molecule has 4 aromatic rings. The number of methoxy groups -OCH3 is 1. The maximum Gasteiger partial charge on any atom is 0.257 e. The molecule has 12 nitrogen and oxygen atoms in total. The molecule has 1 saturated carbocycles. The van der Waals surface area contributed by atoms with Gasteiger partial charge in [-0.3, -0.25) is 34.4 Å². The van der Waals surface area contributed by atoms with Gasteiger partial charge in [0.2, 0.25) is 11.8 Å². The Bertz CT molecular complexity index is 1810. The number of benzene rings is 3. The van der Waals surface area contributed by atoms with Crippen LogP contribution in [0.4, 0.5) is 15.8 Å². The molecular formula is C35H36FN5O7. The van der Waals surface area contributed by atoms with E-state index in [1.165, 1.54) is 29.2 Å². The van der Waals surface area contributed by atoms with Crippen molar-refractivity contribution < 1.29 is 38.2 Å². The normalized spacial score (nSPS) is 15.8. The second-order valence-electron chi connectivity index (χ2n) is 12.1. The maximum absolute atomic E-state index is 13.7. The van der Waals surface area contributed by atoms with Gasteiger partial charge in [-0.15, -0.1) is 0 Å². The predicted octanol–water partition coefficient (Wildman–Crippen LogP) is 4.70. The number of aromatic nitrogens is 1. The number of primary amides is 1. The third-order valence-corrected chi connectivity index (χ3v) is 8.90. The summed E-state index contributed by atoms with van der Waals surface area (Å²) in [7, 11) is 1.56. The lowest BCUT2D eigenvalue weighted by molar-refractivity contribution is -0.133. The van der Waals surface area contributed by atoms with E-state index in [2.05, 4.69) is 4.98 Å². The molecule has 48 heavy (non-hydrogen) atoms. The Balaban J connectivity index is 1.20. The number of nitrogens with one attached hydrogen (secondary N) is 1. The van der Waals surface area contributed by atoms with Crippen LogP contribution in [0.5, 0.6) is 23.0 Å². The van der Waals surface area contributed by atoms with Crippen molar-refractivity contribution in [1.29, 1.82) is 0 Å². The fraction of sp³-hybridized carbons (Fsp3) is 0.314. The summed E-state index contributed by atoms with van der Waals surface area (Å²) in [6.45, 7) is 2.06. The van der Waals surface area contributed by atoms with E-state index in [1.54, 1.807) is 55.2 Å². The topological polar surface area (TPSA) is 157 Å². The number of hydrogen-bond acceptors (Lipinski definition) is 9. The number of carbonyl (C=O) groups is 3. The van der Waals surface area contributed by atoms with Crippen molar-refractivity contribution in [2.45, 2.75) is 25.7 Å². The number of hydroxylamine groups is 1. The number of halogens is 1. The fourth-order valence-corrected chi connectivity index (χ4v) is 5.92. The fourth-order valence-electron chi connectivity index (χ4n) is 5.92. The molecule has 1 aliphatic heterocycles. The summed E-state index contributed by atoms with van der Waals surface area (Å²) >= 11 is 0. The number of fused-ring (bicyclic) bond motifs is 1. The van der Waals surface area contributed by atoms with Gasteiger partial charge in [0.05, 0.1) is 25.8 Å². The standard InChI is InChI=1S/C35H36FN5O7/c1-46-30-19-28-27(18-31(30)47-21-22-11-16-40(17-12-22)20-32(42)39-45)29(10-15-38-28)48-26-8-6-25(7-9-26)41(24-4-2-23(36)3-5-24)34(44)35(13-14-35)33(37)43/h2-10,15,18-19,22,45H,11-14,16-17,20-21H2,1H3,(H2,37,43)(H,39,42). The first kappa shape index (κ1) is 32.7. The van der Waals surface area contributed by atoms with Gasteiger partial charge in [-0.2, -0.15) is 0 Å². The van der Waals surface area contributed by atoms with Gasteiger partial charge in [-0.05, 0) is 105 Å². The molecular weight excluding hydrogens is 621 g/mol. The lowest BCUT2D eigenvalue weighted by Gasteiger charge is -2.31. The molecule has 0 spiro atoms. The third-order valence-electron chi connectivity index (χ3n) is 8.90. The van der Waals surface area contributed by atoms with Gasteiger partial charge < -0.3 is 19.9 Å². The van der Waals surface area contributed by atoms with Gasteiger partial charge in [-0.1, -0.05) is 0 Å². The Kier molecular flexibility index (Phi) is 9.42. The van der Waals surface area contributed by atoms with Gasteiger partial charge in [0.1, 0.15) is 22.7 Å². The SMILES string of the molecule is COc1cc2nccc(Oc3ccc(N(C(=O)C4(C(N)=O)CC4)c4ccc(F)cc4)cc3)c2cc1OCC1CCN(CC(=O)NO)CC1. The Labute approximate surface area is 276 Å². The first-order valence-electron chi connectivity index (χ1n) is 15.6. The number of carbonyl (C=O) groups excluding carboxylic acids is 3. The highest BCUT2D eigenvalue weighted by Crippen LogP contribution is 2.49. The van der Waals surface area contributed by atoms with Crippen LogP contribution in [0.1, 0.15) is 25.7 Å². The van der Waals surface area contributed by atoms with Crippen LogP contribution in [0, 0.1) is 17.2 Å². The minimum Gasteiger partial charge on any atom is -0.493 e. The lowest BCUT2D eigenvalue weighted by Crippen LogP contribution is -2.41. The highest BCUT2D eigenvalue weighted by Gasteiger charge is 2.57. The van der Waals surface area contributed by atoms with E-state index in [-0.39, 0.29) is 12.5 Å². The summed E-state index contributed by atoms with van der Waals surface area (Å²) in [6.07, 6.45) is 4.03. The molecule has 13 heteroatoms. The molecule has 2 aliphatic rings. The number of piperidine rings is 1. The largest absolute Gasteiger partial charge is 0.493 e. The molecule has 3 aromatic carbocycles. The summed E-state index contributed by atoms with van der Waals surface area (Å²) < 4.78 is 31.8. The number of amides is 3. The van der Waals surface area contributed by atoms with Crippen LogP contribution >= 0.6 is 0 Å². The number of likely N-dealkylation sites (tertiary alicyclic amines) is 1. The van der Waals surface area contributed by atoms with Gasteiger partial charge in [0, 0.05) is 29.0 Å². The van der Waals surface area contributed by atoms with E-state index in [0.29, 0.717) is 64.7 Å². The van der Waals surface area contributed by atoms with Crippen molar-refractivity contribution in [1.82, 2.24) is 15.4 Å². The quantitative estimate of drug-likeness (QED) is 0.112. The smallest absolute Gasteiger partial charge is 0.257 e. The molecule has 1 aliphatic carbocycles. The van der Waals surface area contributed by atoms with E-state index in [1.807, 2.05) is 11.0 Å². The molecule has 3 amide bonds. The van der Waals surface area contributed by atoms with Gasteiger partial charge >= 0.3 is 0 Å². The minimum absolute atomic E-state index is 0.154. The molecule has 1 saturated heterocycles. The Morgan fingerprint density at radius 2 is 1.67 bits per heavy atom. The predicted molar refractivity (Wildman–Crippen MR) is 174 cm³/mol. The Morgan fingerprint density at radius 3 is 2.27 bits per heavy atom. The summed E-state index contributed by atoms with van der Waals surface area (Å²) in [4.78, 5) is 45.2. The van der Waals surface area contributed by atoms with Crippen molar-refractivity contribution in [3.8, 4) is 23.0 Å². The Morgan fingerprint density at radius 1 is 1.00 bits per heavy atom. The highest BCUT2D eigenvalue weighted by molar-refractivity contribution is 6.16. The van der Waals surface area contributed by atoms with Crippen molar-refractivity contribution >= 4 is 40.0 Å². The van der Waals surface area contributed by atoms with Gasteiger partial charge in [0.15, 0.2) is 11.5 Å². The van der Waals surface area contributed by atoms with Crippen molar-refractivity contribution in [2.24, 2.45) is 17.1 Å². The molecule has 0 unspecified atom stereocenters. The van der Waals surface area contributed by atoms with E-state index in [9.17, 15) is 18.8 Å². The zero-order valence-corrected chi connectivity index (χ0v) is 26.4. The molecule has 0 atom stereocenters. The number of nitrogens with zero attached hydrogens (tertiary/aromatic N) is 3. The molecule has 4 N–H and O–H groups in total. The summed E-state index contributed by atoms with van der Waals surface area (Å²) in [5, 5.41) is 9.48. The molecule has 2 fully saturated rings. The van der Waals surface area contributed by atoms with Crippen molar-refractivity contribution in [3.63, 3.8) is 0 Å². The number of pyridine rings is 1. The third kappa shape index (κ3) is 6.87. The number of rotatable bonds is 12. The zero-order chi connectivity index (χ0) is 33.8. The lowest BCUT2D eigenvalue weighted by atomic mass is 9.98. The first-order chi connectivity index (χ1) is 23.2. The molecule has 1 aromatic heterocycles. The minimum atomic E-state index is -1.28. The molecule has 2 heterocycles. The van der Waals surface area contributed by atoms with Crippen LogP contribution in [0.2, 0.25) is 0 Å². The number of anilines is 2. The molecule has 250 valence electrons. The molecule has 0 bridgehead atoms. The van der Waals surface area contributed by atoms with Crippen LogP contribution in [0.3, 0.4) is 0 Å². The number of hydrogen-bond donors (Lipinski definition) is 3. The average Bonchev–Trinajstić information content (AvgIpc) is 3.92. The summed E-state index contributed by atoms with van der Waals surface area (Å²) in [5.74, 6) is 0.329. The second kappa shape index (κ2) is 13.8. The van der Waals surface area contributed by atoms with Crippen LogP contribution in [-0.2, 0) is 14.4 Å². The zero-order valence-electron chi connectivity index (χ0n) is 26.4. The van der Waals surface area contributed by atoms with E-state index in [4.69, 9.17) is 25.2 Å².